The quantitative estimate of drug-likeness (QED) is 0.132. The normalized spacial score (nSPS) is 12.9. The predicted molar refractivity (Wildman–Crippen MR) is 228 cm³/mol. The molecular weight excluding hydrogens is 665 g/mol. The first-order chi connectivity index (χ1) is 27.3. The maximum absolute atomic E-state index is 5.50. The fourth-order valence-electron chi connectivity index (χ4n) is 9.25. The summed E-state index contributed by atoms with van der Waals surface area (Å²) in [6.07, 6.45) is 0. The molecule has 10 aromatic rings. The van der Waals surface area contributed by atoms with Crippen LogP contribution in [0.1, 0.15) is 22.3 Å². The fourth-order valence-corrected chi connectivity index (χ4v) is 9.25. The first kappa shape index (κ1) is 31.4. The van der Waals surface area contributed by atoms with Crippen molar-refractivity contribution in [3.63, 3.8) is 0 Å². The van der Waals surface area contributed by atoms with Crippen LogP contribution < -0.4 is 0 Å². The van der Waals surface area contributed by atoms with Crippen molar-refractivity contribution in [2.75, 3.05) is 0 Å². The zero-order valence-corrected chi connectivity index (χ0v) is 30.0. The Kier molecular flexibility index (Phi) is 7.11. The summed E-state index contributed by atoms with van der Waals surface area (Å²) in [7, 11) is 0. The average molecular weight is 699 g/mol. The third kappa shape index (κ3) is 4.75. The van der Waals surface area contributed by atoms with Crippen LogP contribution in [-0.4, -0.2) is 9.97 Å². The molecule has 0 N–H and O–H groups in total. The first-order valence-electron chi connectivity index (χ1n) is 18.9. The van der Waals surface area contributed by atoms with Crippen LogP contribution in [-0.2, 0) is 5.41 Å². The van der Waals surface area contributed by atoms with Crippen molar-refractivity contribution < 1.29 is 0 Å². The van der Waals surface area contributed by atoms with Crippen LogP contribution in [0.5, 0.6) is 0 Å². The van der Waals surface area contributed by atoms with E-state index >= 15 is 0 Å². The van der Waals surface area contributed by atoms with Gasteiger partial charge in [-0.2, -0.15) is 0 Å². The van der Waals surface area contributed by atoms with E-state index in [0.717, 1.165) is 28.1 Å². The molecule has 11 rings (SSSR count). The molecule has 1 aliphatic rings. The van der Waals surface area contributed by atoms with Crippen molar-refractivity contribution in [1.29, 1.82) is 0 Å². The van der Waals surface area contributed by atoms with Gasteiger partial charge in [0, 0.05) is 16.7 Å². The maximum Gasteiger partial charge on any atom is 0.160 e. The molecule has 0 fully saturated rings. The van der Waals surface area contributed by atoms with Crippen molar-refractivity contribution in [2.45, 2.75) is 5.41 Å². The number of hydrogen-bond acceptors (Lipinski definition) is 2. The number of hydrogen-bond donors (Lipinski definition) is 0. The summed E-state index contributed by atoms with van der Waals surface area (Å²) in [5.41, 5.74) is 11.9. The summed E-state index contributed by atoms with van der Waals surface area (Å²) >= 11 is 0. The Morgan fingerprint density at radius 2 is 0.927 bits per heavy atom. The van der Waals surface area contributed by atoms with E-state index in [2.05, 4.69) is 200 Å². The second-order valence-corrected chi connectivity index (χ2v) is 14.4. The molecule has 1 aromatic heterocycles. The van der Waals surface area contributed by atoms with Crippen LogP contribution in [0.4, 0.5) is 0 Å². The van der Waals surface area contributed by atoms with Gasteiger partial charge < -0.3 is 0 Å². The van der Waals surface area contributed by atoms with Gasteiger partial charge in [-0.25, -0.2) is 9.97 Å². The van der Waals surface area contributed by atoms with Gasteiger partial charge in [0.25, 0.3) is 0 Å². The number of fused-ring (bicyclic) bond motifs is 7. The van der Waals surface area contributed by atoms with Crippen molar-refractivity contribution in [3.05, 3.63) is 229 Å². The Labute approximate surface area is 320 Å². The highest BCUT2D eigenvalue weighted by atomic mass is 14.9. The van der Waals surface area contributed by atoms with E-state index < -0.39 is 5.41 Å². The Morgan fingerprint density at radius 1 is 0.364 bits per heavy atom. The Bertz CT molecular complexity index is 3040. The van der Waals surface area contributed by atoms with E-state index in [1.807, 2.05) is 6.07 Å². The molecule has 0 spiro atoms. The van der Waals surface area contributed by atoms with E-state index in [9.17, 15) is 0 Å². The molecule has 2 nitrogen and oxygen atoms in total. The molecule has 0 aliphatic heterocycles. The molecule has 0 bridgehead atoms. The third-order valence-electron chi connectivity index (χ3n) is 11.5. The second kappa shape index (κ2) is 12.5. The minimum atomic E-state index is -0.578. The average Bonchev–Trinajstić information content (AvgIpc) is 3.57. The lowest BCUT2D eigenvalue weighted by Gasteiger charge is -2.35. The maximum atomic E-state index is 5.50. The smallest absolute Gasteiger partial charge is 0.160 e. The SMILES string of the molecule is c1ccc(-c2nc(-c3cccc4c3C(c3ccccc3)(c3ccccc3)c3ccccc3-4)cc(-c3c4ccccc4cc4ccc5ccccc5c34)n2)cc1. The van der Waals surface area contributed by atoms with Crippen molar-refractivity contribution in [3.8, 4) is 45.0 Å². The highest BCUT2D eigenvalue weighted by molar-refractivity contribution is 6.21. The zero-order valence-electron chi connectivity index (χ0n) is 30.0. The van der Waals surface area contributed by atoms with Crippen molar-refractivity contribution >= 4 is 32.3 Å². The zero-order chi connectivity index (χ0) is 36.3. The highest BCUT2D eigenvalue weighted by Crippen LogP contribution is 2.58. The minimum Gasteiger partial charge on any atom is -0.228 e. The highest BCUT2D eigenvalue weighted by Gasteiger charge is 2.47. The Morgan fingerprint density at radius 3 is 1.69 bits per heavy atom. The van der Waals surface area contributed by atoms with Crippen LogP contribution >= 0.6 is 0 Å². The molecule has 0 atom stereocenters. The van der Waals surface area contributed by atoms with Gasteiger partial charge in [-0.3, -0.25) is 0 Å². The van der Waals surface area contributed by atoms with Crippen LogP contribution in [0.2, 0.25) is 0 Å². The van der Waals surface area contributed by atoms with Gasteiger partial charge in [-0.15, -0.1) is 0 Å². The van der Waals surface area contributed by atoms with Crippen LogP contribution in [0.3, 0.4) is 0 Å². The largest absolute Gasteiger partial charge is 0.228 e. The summed E-state index contributed by atoms with van der Waals surface area (Å²) in [5.74, 6) is 0.701. The summed E-state index contributed by atoms with van der Waals surface area (Å²) in [6, 6.07) is 74.5. The molecule has 1 heterocycles. The van der Waals surface area contributed by atoms with E-state index in [1.165, 1.54) is 65.7 Å². The van der Waals surface area contributed by atoms with Crippen LogP contribution in [0.25, 0.3) is 77.3 Å². The summed E-state index contributed by atoms with van der Waals surface area (Å²) < 4.78 is 0. The number of aromatic nitrogens is 2. The summed E-state index contributed by atoms with van der Waals surface area (Å²) in [6.45, 7) is 0. The standard InChI is InChI=1S/C53H34N2/c1-4-18-36(19-5-1)52-54-47(34-48(55-52)50-42-26-13-11-20-37(42)33-38-32-31-35-17-10-12-25-41(35)49(38)50)45-29-16-28-44-43-27-14-15-30-46(43)53(51(44)45,39-21-6-2-7-22-39)40-23-8-3-9-24-40/h1-34H. The second-order valence-electron chi connectivity index (χ2n) is 14.4. The van der Waals surface area contributed by atoms with E-state index in [0.29, 0.717) is 5.82 Å². The van der Waals surface area contributed by atoms with E-state index in [-0.39, 0.29) is 0 Å². The molecule has 9 aromatic carbocycles. The molecule has 1 aliphatic carbocycles. The molecule has 2 heteroatoms. The van der Waals surface area contributed by atoms with Gasteiger partial charge in [0.1, 0.15) is 0 Å². The molecule has 0 amide bonds. The van der Waals surface area contributed by atoms with E-state index in [4.69, 9.17) is 9.97 Å². The Balaban J connectivity index is 1.29. The van der Waals surface area contributed by atoms with Crippen LogP contribution in [0, 0.1) is 0 Å². The van der Waals surface area contributed by atoms with Gasteiger partial charge in [0.15, 0.2) is 5.82 Å². The lowest BCUT2D eigenvalue weighted by molar-refractivity contribution is 0.769. The van der Waals surface area contributed by atoms with Crippen molar-refractivity contribution in [1.82, 2.24) is 9.97 Å². The topological polar surface area (TPSA) is 25.8 Å². The van der Waals surface area contributed by atoms with Gasteiger partial charge >= 0.3 is 0 Å². The number of rotatable bonds is 5. The fraction of sp³-hybridized carbons (Fsp3) is 0.0189. The minimum absolute atomic E-state index is 0.578. The van der Waals surface area contributed by atoms with E-state index in [1.54, 1.807) is 0 Å². The molecule has 0 unspecified atom stereocenters. The first-order valence-corrected chi connectivity index (χ1v) is 18.9. The van der Waals surface area contributed by atoms with Crippen molar-refractivity contribution in [2.24, 2.45) is 0 Å². The van der Waals surface area contributed by atoms with Gasteiger partial charge in [-0.05, 0) is 77.8 Å². The van der Waals surface area contributed by atoms with Gasteiger partial charge in [0.05, 0.1) is 16.8 Å². The number of benzene rings is 9. The molecular formula is C53H34N2. The number of nitrogens with zero attached hydrogens (tertiary/aromatic N) is 2. The lowest BCUT2D eigenvalue weighted by Crippen LogP contribution is -2.29. The van der Waals surface area contributed by atoms with Gasteiger partial charge in [0.2, 0.25) is 0 Å². The summed E-state index contributed by atoms with van der Waals surface area (Å²) in [5, 5.41) is 7.17. The van der Waals surface area contributed by atoms with Crippen LogP contribution in [0.15, 0.2) is 206 Å². The molecule has 0 saturated heterocycles. The lowest BCUT2D eigenvalue weighted by atomic mass is 9.66. The van der Waals surface area contributed by atoms with Gasteiger partial charge in [-0.1, -0.05) is 194 Å². The molecule has 256 valence electrons. The predicted octanol–water partition coefficient (Wildman–Crippen LogP) is 13.3. The monoisotopic (exact) mass is 698 g/mol. The summed E-state index contributed by atoms with van der Waals surface area (Å²) in [4.78, 5) is 11.0. The molecule has 0 saturated carbocycles. The molecule has 55 heavy (non-hydrogen) atoms. The molecule has 0 radical (unpaired) electrons. The third-order valence-corrected chi connectivity index (χ3v) is 11.5. The Hall–Kier alpha value is -7.16.